The summed E-state index contributed by atoms with van der Waals surface area (Å²) in [6.45, 7) is 0. The van der Waals surface area contributed by atoms with Crippen molar-refractivity contribution in [3.05, 3.63) is 560 Å². The van der Waals surface area contributed by atoms with Crippen molar-refractivity contribution in [3.63, 3.8) is 0 Å². The molecule has 0 aliphatic carbocycles. The van der Waals surface area contributed by atoms with Crippen molar-refractivity contribution in [2.45, 2.75) is 47.1 Å². The molecule has 3 aromatic heterocycles. The summed E-state index contributed by atoms with van der Waals surface area (Å²) in [6.07, 6.45) is 0. The molecule has 0 amide bonds. The Kier molecular flexibility index (Phi) is 19.2. The Labute approximate surface area is 860 Å². The highest BCUT2D eigenvalue weighted by Crippen LogP contribution is 2.64. The van der Waals surface area contributed by atoms with E-state index in [9.17, 15) is 0 Å². The van der Waals surface area contributed by atoms with Gasteiger partial charge in [0.15, 0.2) is 0 Å². The SMILES string of the molecule is c1ccc(-n2c3ccccc3c3c(C4c5c(c6ccccc6c6ccccc56)Sc5c4c4ccccc4c4ccccc54)cccc32)cc1.c1ccc(-n2c3ccccc3c3cc(C4c5c(c6ccccc6c6ccccc56)Sc5c4c4ccccc4c4ccccc54)ccc32)cc1.c1ccc(-n2c3ccccc3c3ccc(C4c5c(c6ccccc6c6ccccc56)Sc5c4c4ccccc4c4ccccc54)cc32)cc1. The van der Waals surface area contributed by atoms with E-state index in [1.54, 1.807) is 0 Å². The number of fused-ring (bicyclic) bond motifs is 45. The monoisotopic (exact) mass is 1920 g/mol. The van der Waals surface area contributed by atoms with Crippen molar-refractivity contribution in [2.75, 3.05) is 0 Å². The maximum absolute atomic E-state index is 2.50. The van der Waals surface area contributed by atoms with Crippen LogP contribution in [0.25, 0.3) is 212 Å². The number of hydrogen-bond donors (Lipinski definition) is 0. The lowest BCUT2D eigenvalue weighted by Gasteiger charge is -2.33. The average Bonchev–Trinajstić information content (AvgIpc) is 1.66. The van der Waals surface area contributed by atoms with Crippen molar-refractivity contribution < 1.29 is 0 Å². The molecule has 0 saturated carbocycles. The zero-order chi connectivity index (χ0) is 96.2. The smallest absolute Gasteiger partial charge is 0.0544 e. The summed E-state index contributed by atoms with van der Waals surface area (Å²) < 4.78 is 7.31. The van der Waals surface area contributed by atoms with Crippen LogP contribution < -0.4 is 0 Å². The summed E-state index contributed by atoms with van der Waals surface area (Å²) in [5, 5.41) is 39.5. The van der Waals surface area contributed by atoms with Crippen molar-refractivity contribution >= 4 is 230 Å². The Morgan fingerprint density at radius 2 is 0.340 bits per heavy atom. The summed E-state index contributed by atoms with van der Waals surface area (Å²) >= 11 is 5.92. The van der Waals surface area contributed by atoms with Crippen LogP contribution in [0.15, 0.2) is 539 Å². The van der Waals surface area contributed by atoms with E-state index in [0.717, 1.165) is 0 Å². The van der Waals surface area contributed by atoms with Crippen molar-refractivity contribution in [1.29, 1.82) is 0 Å². The van der Waals surface area contributed by atoms with Crippen molar-refractivity contribution in [1.82, 2.24) is 13.7 Å². The van der Waals surface area contributed by atoms with Gasteiger partial charge in [0.05, 0.1) is 33.1 Å². The van der Waals surface area contributed by atoms with Gasteiger partial charge in [-0.05, 0) is 258 Å². The third kappa shape index (κ3) is 12.6. The van der Waals surface area contributed by atoms with Gasteiger partial charge >= 0.3 is 0 Å². The molecule has 0 N–H and O–H groups in total. The van der Waals surface area contributed by atoms with E-state index in [1.807, 2.05) is 35.3 Å². The lowest BCUT2D eigenvalue weighted by atomic mass is 9.77. The van der Waals surface area contributed by atoms with E-state index >= 15 is 0 Å². The van der Waals surface area contributed by atoms with E-state index in [-0.39, 0.29) is 17.8 Å². The Hall–Kier alpha value is -17.5. The Morgan fingerprint density at radius 3 is 0.667 bits per heavy atom. The predicted octanol–water partition coefficient (Wildman–Crippen LogP) is 39.1. The minimum Gasteiger partial charge on any atom is -0.309 e. The predicted molar refractivity (Wildman–Crippen MR) is 626 cm³/mol. The molecule has 0 atom stereocenters. The first-order valence-corrected chi connectivity index (χ1v) is 53.4. The number of rotatable bonds is 6. The topological polar surface area (TPSA) is 14.8 Å². The first kappa shape index (κ1) is 84.1. The van der Waals surface area contributed by atoms with Gasteiger partial charge in [-0.3, -0.25) is 0 Å². The van der Waals surface area contributed by atoms with Gasteiger partial charge in [0, 0.05) is 96.5 Å². The molecule has 0 fully saturated rings. The van der Waals surface area contributed by atoms with Gasteiger partial charge in [-0.2, -0.15) is 0 Å². The fourth-order valence-corrected chi connectivity index (χ4v) is 30.5. The highest BCUT2D eigenvalue weighted by molar-refractivity contribution is 8.00. The molecule has 684 valence electrons. The molecule has 0 spiro atoms. The van der Waals surface area contributed by atoms with Crippen molar-refractivity contribution in [3.8, 4) is 17.1 Å². The molecule has 147 heavy (non-hydrogen) atoms. The van der Waals surface area contributed by atoms with Crippen LogP contribution in [0.1, 0.15) is 67.8 Å². The number of para-hydroxylation sites is 6. The van der Waals surface area contributed by atoms with E-state index in [0.29, 0.717) is 0 Å². The van der Waals surface area contributed by atoms with E-state index in [1.165, 1.54) is 291 Å². The minimum absolute atomic E-state index is 0.00833. The first-order chi connectivity index (χ1) is 73.1. The van der Waals surface area contributed by atoms with Crippen LogP contribution in [0.5, 0.6) is 0 Å². The highest BCUT2D eigenvalue weighted by Gasteiger charge is 2.41. The fraction of sp³-hybridized carbons (Fsp3) is 0.0213. The lowest BCUT2D eigenvalue weighted by molar-refractivity contribution is 0.939. The Morgan fingerprint density at radius 1 is 0.129 bits per heavy atom. The van der Waals surface area contributed by atoms with Crippen LogP contribution in [-0.4, -0.2) is 13.7 Å². The van der Waals surface area contributed by atoms with E-state index in [2.05, 4.69) is 523 Å². The molecule has 0 unspecified atom stereocenters. The van der Waals surface area contributed by atoms with Crippen LogP contribution in [0.3, 0.4) is 0 Å². The van der Waals surface area contributed by atoms with Gasteiger partial charge in [0.1, 0.15) is 0 Å². The van der Waals surface area contributed by atoms with Crippen molar-refractivity contribution in [2.24, 2.45) is 0 Å². The maximum atomic E-state index is 2.50. The molecule has 0 bridgehead atoms. The third-order valence-electron chi connectivity index (χ3n) is 32.0. The molecular weight excluding hydrogens is 1830 g/mol. The molecule has 33 rings (SSSR count). The molecule has 6 heterocycles. The lowest BCUT2D eigenvalue weighted by Crippen LogP contribution is -2.13. The standard InChI is InChI=1S/3C47H29NS/c1-2-15-29(16-3-1)48-40-27-13-12-25-38(40)42-39(26-14-28-41(42)48)43-44-34-21-8-4-17-30(34)32-19-6-10-23-36(32)46(44)49-47-37-24-11-7-20-33(37)31-18-5-9-22-35(31)45(43)47;1-2-14-30(15-3-1)48-41-25-13-12-20-35(41)36-27-26-29(28-42(36)48)43-44-37-21-8-4-16-31(37)33-18-6-10-23-39(33)46(44)49-47-40-24-11-7-19-34(40)32-17-5-9-22-38(32)45(43)47;1-2-14-30(15-3-1)48-41-25-13-12-20-35(41)40-28-29(26-27-42(40)48)43-44-36-21-8-4-16-31(36)33-18-6-10-23-38(33)46(44)49-47-39-24-11-7-19-34(39)32-17-5-9-22-37(32)45(43)47/h3*1-28,43H. The summed E-state index contributed by atoms with van der Waals surface area (Å²) in [4.78, 5) is 8.23. The van der Waals surface area contributed by atoms with Crippen LogP contribution in [0.4, 0.5) is 0 Å². The molecule has 27 aromatic carbocycles. The van der Waals surface area contributed by atoms with Crippen LogP contribution in [-0.2, 0) is 0 Å². The van der Waals surface area contributed by atoms with Gasteiger partial charge in [-0.15, -0.1) is 0 Å². The van der Waals surface area contributed by atoms with E-state index in [4.69, 9.17) is 0 Å². The number of benzene rings is 27. The Bertz CT molecular complexity index is 10400. The number of nitrogens with zero attached hydrogens (tertiary/aromatic N) is 3. The molecule has 0 saturated heterocycles. The molecular formula is C141H87N3S3. The third-order valence-corrected chi connectivity index (χ3v) is 35.9. The molecule has 3 nitrogen and oxygen atoms in total. The maximum Gasteiger partial charge on any atom is 0.0544 e. The van der Waals surface area contributed by atoms with Gasteiger partial charge in [-0.25, -0.2) is 0 Å². The zero-order valence-electron chi connectivity index (χ0n) is 79.8. The van der Waals surface area contributed by atoms with Crippen LogP contribution >= 0.6 is 35.3 Å². The van der Waals surface area contributed by atoms with E-state index < -0.39 is 0 Å². The summed E-state index contributed by atoms with van der Waals surface area (Å²) in [5.74, 6) is 0.0781. The normalized spacial score (nSPS) is 13.1. The summed E-state index contributed by atoms with van der Waals surface area (Å²) in [5.41, 5.74) is 23.4. The largest absolute Gasteiger partial charge is 0.309 e. The molecule has 3 aliphatic rings. The molecule has 3 aliphatic heterocycles. The first-order valence-electron chi connectivity index (χ1n) is 50.9. The Balaban J connectivity index is 0.0000000999. The zero-order valence-corrected chi connectivity index (χ0v) is 82.2. The van der Waals surface area contributed by atoms with Gasteiger partial charge in [0.2, 0.25) is 0 Å². The highest BCUT2D eigenvalue weighted by atomic mass is 32.2. The number of aromatic nitrogens is 3. The average molecular weight is 1920 g/mol. The molecule has 0 radical (unpaired) electrons. The minimum atomic E-state index is 0.00833. The van der Waals surface area contributed by atoms with Gasteiger partial charge in [-0.1, -0.05) is 466 Å². The van der Waals surface area contributed by atoms with Gasteiger partial charge < -0.3 is 13.7 Å². The molecule has 6 heteroatoms. The summed E-state index contributed by atoms with van der Waals surface area (Å²) in [6, 6.07) is 189. The summed E-state index contributed by atoms with van der Waals surface area (Å²) in [7, 11) is 0. The molecule has 30 aromatic rings. The second-order valence-electron chi connectivity index (χ2n) is 39.5. The van der Waals surface area contributed by atoms with Gasteiger partial charge in [0.25, 0.3) is 0 Å². The van der Waals surface area contributed by atoms with Crippen LogP contribution in [0, 0.1) is 0 Å². The van der Waals surface area contributed by atoms with Crippen LogP contribution in [0.2, 0.25) is 0 Å². The quantitative estimate of drug-likeness (QED) is 0.154. The number of hydrogen-bond acceptors (Lipinski definition) is 3. The second-order valence-corrected chi connectivity index (χ2v) is 42.5. The second kappa shape index (κ2) is 33.6. The fourth-order valence-electron chi connectivity index (χ4n) is 26.1.